The largest absolute Gasteiger partial charge is 0.480 e. The van der Waals surface area contributed by atoms with Crippen LogP contribution < -0.4 is 10.6 Å². The molecule has 114 valence electrons. The lowest BCUT2D eigenvalue weighted by Crippen LogP contribution is -2.49. The number of carboxylic acids is 1. The number of urea groups is 1. The van der Waals surface area contributed by atoms with Gasteiger partial charge in [-0.1, -0.05) is 0 Å². The van der Waals surface area contributed by atoms with Crippen molar-refractivity contribution in [2.45, 2.75) is 26.7 Å². The van der Waals surface area contributed by atoms with E-state index in [0.29, 0.717) is 12.5 Å². The van der Waals surface area contributed by atoms with E-state index >= 15 is 0 Å². The lowest BCUT2D eigenvalue weighted by atomic mass is 9.92. The molecule has 1 rings (SSSR count). The fourth-order valence-electron chi connectivity index (χ4n) is 1.82. The van der Waals surface area contributed by atoms with E-state index in [9.17, 15) is 14.4 Å². The Labute approximate surface area is 118 Å². The molecule has 0 bridgehead atoms. The molecule has 1 aliphatic rings. The predicted molar refractivity (Wildman–Crippen MR) is 73.2 cm³/mol. The smallest absolute Gasteiger partial charge is 0.323 e. The highest BCUT2D eigenvalue weighted by Gasteiger charge is 2.30. The van der Waals surface area contributed by atoms with E-state index in [-0.39, 0.29) is 19.0 Å². The molecule has 7 heteroatoms. The number of aliphatic carboxylic acids is 1. The van der Waals surface area contributed by atoms with Crippen molar-refractivity contribution in [1.82, 2.24) is 15.5 Å². The topological polar surface area (TPSA) is 98.7 Å². The maximum absolute atomic E-state index is 12.0. The Morgan fingerprint density at radius 3 is 2.35 bits per heavy atom. The normalized spacial score (nSPS) is 14.6. The van der Waals surface area contributed by atoms with Gasteiger partial charge in [-0.3, -0.25) is 9.59 Å². The summed E-state index contributed by atoms with van der Waals surface area (Å²) in [7, 11) is 1.54. The summed E-state index contributed by atoms with van der Waals surface area (Å²) < 4.78 is 0. The van der Waals surface area contributed by atoms with Crippen LogP contribution in [0.1, 0.15) is 26.7 Å². The second kappa shape index (κ2) is 6.58. The molecular formula is C13H23N3O4. The van der Waals surface area contributed by atoms with Crippen molar-refractivity contribution in [2.75, 3.05) is 26.7 Å². The summed E-state index contributed by atoms with van der Waals surface area (Å²) in [6, 6.07) is -0.434. The Bertz CT molecular complexity index is 391. The maximum atomic E-state index is 12.0. The van der Waals surface area contributed by atoms with Crippen LogP contribution in [0.5, 0.6) is 0 Å². The first-order chi connectivity index (χ1) is 9.26. The molecule has 0 aromatic heterocycles. The third kappa shape index (κ3) is 5.07. The van der Waals surface area contributed by atoms with Crippen LogP contribution in [-0.4, -0.2) is 54.6 Å². The van der Waals surface area contributed by atoms with Crippen LogP contribution in [0.4, 0.5) is 4.79 Å². The highest BCUT2D eigenvalue weighted by molar-refractivity contribution is 5.83. The molecule has 0 aliphatic heterocycles. The van der Waals surface area contributed by atoms with Gasteiger partial charge in [0.1, 0.15) is 6.54 Å². The Morgan fingerprint density at radius 2 is 1.90 bits per heavy atom. The molecule has 1 saturated carbocycles. The first-order valence-corrected chi connectivity index (χ1v) is 6.73. The Kier molecular flexibility index (Phi) is 5.35. The van der Waals surface area contributed by atoms with E-state index in [0.717, 1.165) is 12.8 Å². The van der Waals surface area contributed by atoms with Gasteiger partial charge in [-0.25, -0.2) is 4.79 Å². The van der Waals surface area contributed by atoms with E-state index in [1.807, 2.05) is 0 Å². The molecular weight excluding hydrogens is 262 g/mol. The Balaban J connectivity index is 2.52. The molecule has 0 atom stereocenters. The molecule has 0 aromatic carbocycles. The minimum Gasteiger partial charge on any atom is -0.480 e. The van der Waals surface area contributed by atoms with Crippen molar-refractivity contribution < 1.29 is 19.5 Å². The van der Waals surface area contributed by atoms with Gasteiger partial charge in [0.2, 0.25) is 5.91 Å². The van der Waals surface area contributed by atoms with E-state index in [4.69, 9.17) is 5.11 Å². The molecule has 0 unspecified atom stereocenters. The molecule has 20 heavy (non-hydrogen) atoms. The van der Waals surface area contributed by atoms with Gasteiger partial charge >= 0.3 is 12.0 Å². The van der Waals surface area contributed by atoms with Crippen molar-refractivity contribution >= 4 is 17.9 Å². The lowest BCUT2D eigenvalue weighted by molar-refractivity contribution is -0.137. The lowest BCUT2D eigenvalue weighted by Gasteiger charge is -2.26. The zero-order valence-corrected chi connectivity index (χ0v) is 12.2. The van der Waals surface area contributed by atoms with Crippen LogP contribution in [0.2, 0.25) is 0 Å². The average molecular weight is 285 g/mol. The van der Waals surface area contributed by atoms with Crippen molar-refractivity contribution in [1.29, 1.82) is 0 Å². The molecule has 0 spiro atoms. The van der Waals surface area contributed by atoms with E-state index in [2.05, 4.69) is 10.6 Å². The van der Waals surface area contributed by atoms with Gasteiger partial charge in [-0.2, -0.15) is 0 Å². The van der Waals surface area contributed by atoms with Crippen LogP contribution >= 0.6 is 0 Å². The highest BCUT2D eigenvalue weighted by Crippen LogP contribution is 2.29. The van der Waals surface area contributed by atoms with E-state index < -0.39 is 17.4 Å². The summed E-state index contributed by atoms with van der Waals surface area (Å²) in [6.07, 6.45) is 2.07. The van der Waals surface area contributed by atoms with Crippen molar-refractivity contribution in [3.8, 4) is 0 Å². The summed E-state index contributed by atoms with van der Waals surface area (Å²) in [4.78, 5) is 35.7. The summed E-state index contributed by atoms with van der Waals surface area (Å²) >= 11 is 0. The average Bonchev–Trinajstić information content (AvgIpc) is 3.17. The SMILES string of the molecule is CNC(=O)C(C)(C)CNC(=O)N(CC(=O)O)CC1CC1. The second-order valence-corrected chi connectivity index (χ2v) is 5.84. The van der Waals surface area contributed by atoms with E-state index in [1.54, 1.807) is 13.8 Å². The summed E-state index contributed by atoms with van der Waals surface area (Å²) in [5, 5.41) is 14.0. The molecule has 0 heterocycles. The van der Waals surface area contributed by atoms with Gasteiger partial charge in [0, 0.05) is 20.1 Å². The monoisotopic (exact) mass is 285 g/mol. The summed E-state index contributed by atoms with van der Waals surface area (Å²) in [5.74, 6) is -0.803. The number of nitrogens with zero attached hydrogens (tertiary/aromatic N) is 1. The number of hydrogen-bond acceptors (Lipinski definition) is 3. The first-order valence-electron chi connectivity index (χ1n) is 6.73. The second-order valence-electron chi connectivity index (χ2n) is 5.84. The fraction of sp³-hybridized carbons (Fsp3) is 0.769. The van der Waals surface area contributed by atoms with Gasteiger partial charge in [0.05, 0.1) is 5.41 Å². The summed E-state index contributed by atoms with van der Waals surface area (Å²) in [6.45, 7) is 3.73. The minimum atomic E-state index is -1.04. The van der Waals surface area contributed by atoms with Gasteiger partial charge in [0.25, 0.3) is 0 Å². The van der Waals surface area contributed by atoms with Crippen LogP contribution in [-0.2, 0) is 9.59 Å². The number of nitrogens with one attached hydrogen (secondary N) is 2. The number of amides is 3. The van der Waals surface area contributed by atoms with Gasteiger partial charge in [0.15, 0.2) is 0 Å². The maximum Gasteiger partial charge on any atom is 0.323 e. The third-order valence-corrected chi connectivity index (χ3v) is 3.31. The van der Waals surface area contributed by atoms with Gasteiger partial charge in [-0.15, -0.1) is 0 Å². The fourth-order valence-corrected chi connectivity index (χ4v) is 1.82. The van der Waals surface area contributed by atoms with Gasteiger partial charge in [-0.05, 0) is 32.6 Å². The molecule has 0 aromatic rings. The van der Waals surface area contributed by atoms with Crippen LogP contribution in [0.3, 0.4) is 0 Å². The quantitative estimate of drug-likeness (QED) is 0.625. The first kappa shape index (κ1) is 16.3. The number of hydrogen-bond donors (Lipinski definition) is 3. The predicted octanol–water partition coefficient (Wildman–Crippen LogP) is 0.265. The zero-order chi connectivity index (χ0) is 15.3. The van der Waals surface area contributed by atoms with Crippen LogP contribution in [0, 0.1) is 11.3 Å². The van der Waals surface area contributed by atoms with Crippen molar-refractivity contribution in [2.24, 2.45) is 11.3 Å². The van der Waals surface area contributed by atoms with Crippen molar-refractivity contribution in [3.05, 3.63) is 0 Å². The number of carbonyl (C=O) groups excluding carboxylic acids is 2. The molecule has 0 saturated heterocycles. The zero-order valence-electron chi connectivity index (χ0n) is 12.2. The minimum absolute atomic E-state index is 0.159. The molecule has 3 amide bonds. The van der Waals surface area contributed by atoms with Crippen LogP contribution in [0.25, 0.3) is 0 Å². The third-order valence-electron chi connectivity index (χ3n) is 3.31. The highest BCUT2D eigenvalue weighted by atomic mass is 16.4. The standard InChI is InChI=1S/C13H23N3O4/c1-13(2,11(19)14-3)8-15-12(20)16(7-10(17)18)6-9-4-5-9/h9H,4-8H2,1-3H3,(H,14,19)(H,15,20)(H,17,18). The number of carbonyl (C=O) groups is 3. The Hall–Kier alpha value is -1.79. The van der Waals surface area contributed by atoms with Crippen LogP contribution in [0.15, 0.2) is 0 Å². The number of rotatable bonds is 7. The molecule has 1 aliphatic carbocycles. The molecule has 7 nitrogen and oxygen atoms in total. The van der Waals surface area contributed by atoms with Gasteiger partial charge < -0.3 is 20.6 Å². The summed E-state index contributed by atoms with van der Waals surface area (Å²) in [5.41, 5.74) is -0.737. The van der Waals surface area contributed by atoms with Crippen molar-refractivity contribution in [3.63, 3.8) is 0 Å². The van der Waals surface area contributed by atoms with E-state index in [1.165, 1.54) is 11.9 Å². The number of carboxylic acid groups (broad SMARTS) is 1. The molecule has 0 radical (unpaired) electrons. The Morgan fingerprint density at radius 1 is 1.30 bits per heavy atom. The molecule has 3 N–H and O–H groups in total. The molecule has 1 fully saturated rings.